The quantitative estimate of drug-likeness (QED) is 0.677. The van der Waals surface area contributed by atoms with E-state index < -0.39 is 23.9 Å². The number of nitrogens with one attached hydrogen (secondary N) is 1. The van der Waals surface area contributed by atoms with E-state index in [-0.39, 0.29) is 12.8 Å². The summed E-state index contributed by atoms with van der Waals surface area (Å²) in [5.41, 5.74) is 1.05. The van der Waals surface area contributed by atoms with Gasteiger partial charge in [0.1, 0.15) is 6.04 Å². The number of amides is 1. The predicted molar refractivity (Wildman–Crippen MR) is 86.1 cm³/mol. The van der Waals surface area contributed by atoms with Gasteiger partial charge in [-0.25, -0.2) is 9.48 Å². The fraction of sp³-hybridized carbons (Fsp3) is 0.312. The second-order valence-corrected chi connectivity index (χ2v) is 5.23. The van der Waals surface area contributed by atoms with Gasteiger partial charge in [-0.15, -0.1) is 5.10 Å². The van der Waals surface area contributed by atoms with Gasteiger partial charge in [-0.1, -0.05) is 5.21 Å². The molecule has 0 saturated heterocycles. The van der Waals surface area contributed by atoms with Crippen molar-refractivity contribution in [2.75, 3.05) is 7.11 Å². The maximum absolute atomic E-state index is 12.2. The van der Waals surface area contributed by atoms with E-state index in [0.29, 0.717) is 12.0 Å². The number of aliphatic carboxylic acids is 1. The van der Waals surface area contributed by atoms with Gasteiger partial charge >= 0.3 is 11.9 Å². The Bertz CT molecular complexity index is 727. The number of carboxylic acids is 1. The third kappa shape index (κ3) is 5.13. The Labute approximate surface area is 143 Å². The van der Waals surface area contributed by atoms with Gasteiger partial charge in [0, 0.05) is 12.0 Å². The normalized spacial score (nSPS) is 11.6. The van der Waals surface area contributed by atoms with Crippen molar-refractivity contribution in [2.45, 2.75) is 25.3 Å². The summed E-state index contributed by atoms with van der Waals surface area (Å²) in [6.07, 6.45) is 3.73. The van der Waals surface area contributed by atoms with Crippen LogP contribution in [0.15, 0.2) is 36.7 Å². The first-order valence-corrected chi connectivity index (χ1v) is 7.58. The predicted octanol–water partition coefficient (Wildman–Crippen LogP) is 0.794. The fourth-order valence-corrected chi connectivity index (χ4v) is 2.16. The number of carbonyl (C=O) groups excluding carboxylic acids is 2. The van der Waals surface area contributed by atoms with Crippen LogP contribution in [0.1, 0.15) is 29.6 Å². The number of hydrogen-bond donors (Lipinski definition) is 2. The maximum atomic E-state index is 12.2. The molecule has 0 saturated carbocycles. The van der Waals surface area contributed by atoms with Gasteiger partial charge in [0.05, 0.1) is 25.2 Å². The smallest absolute Gasteiger partial charge is 0.326 e. The molecule has 0 spiro atoms. The molecule has 1 heterocycles. The lowest BCUT2D eigenvalue weighted by Gasteiger charge is -2.14. The number of ether oxygens (including phenoxy) is 1. The zero-order valence-corrected chi connectivity index (χ0v) is 13.6. The first kappa shape index (κ1) is 18.1. The highest BCUT2D eigenvalue weighted by Gasteiger charge is 2.20. The van der Waals surface area contributed by atoms with Crippen LogP contribution < -0.4 is 5.32 Å². The molecule has 1 unspecified atom stereocenters. The van der Waals surface area contributed by atoms with Crippen LogP contribution in [0, 0.1) is 0 Å². The minimum Gasteiger partial charge on any atom is -0.480 e. The fourth-order valence-electron chi connectivity index (χ4n) is 2.16. The van der Waals surface area contributed by atoms with Crippen LogP contribution >= 0.6 is 0 Å². The van der Waals surface area contributed by atoms with Gasteiger partial charge in [0.25, 0.3) is 5.91 Å². The van der Waals surface area contributed by atoms with E-state index in [4.69, 9.17) is 0 Å². The summed E-state index contributed by atoms with van der Waals surface area (Å²) >= 11 is 0. The molecular weight excluding hydrogens is 328 g/mol. The summed E-state index contributed by atoms with van der Waals surface area (Å²) < 4.78 is 6.04. The Morgan fingerprint density at radius 1 is 1.28 bits per heavy atom. The van der Waals surface area contributed by atoms with E-state index >= 15 is 0 Å². The van der Waals surface area contributed by atoms with E-state index in [0.717, 1.165) is 5.69 Å². The van der Waals surface area contributed by atoms with Crippen molar-refractivity contribution >= 4 is 17.8 Å². The molecule has 0 radical (unpaired) electrons. The van der Waals surface area contributed by atoms with Crippen LogP contribution in [0.25, 0.3) is 5.69 Å². The molecule has 0 aliphatic rings. The van der Waals surface area contributed by atoms with Crippen molar-refractivity contribution in [2.24, 2.45) is 0 Å². The average Bonchev–Trinajstić information content (AvgIpc) is 3.15. The van der Waals surface area contributed by atoms with Crippen molar-refractivity contribution in [3.05, 3.63) is 42.2 Å². The third-order valence-electron chi connectivity index (χ3n) is 3.52. The molecule has 1 amide bonds. The van der Waals surface area contributed by atoms with Crippen molar-refractivity contribution in [1.82, 2.24) is 20.3 Å². The van der Waals surface area contributed by atoms with E-state index in [1.165, 1.54) is 18.0 Å². The van der Waals surface area contributed by atoms with Crippen LogP contribution in [0.3, 0.4) is 0 Å². The number of carboxylic acid groups (broad SMARTS) is 1. The Morgan fingerprint density at radius 3 is 2.56 bits per heavy atom. The zero-order valence-electron chi connectivity index (χ0n) is 13.6. The molecule has 0 aliphatic carbocycles. The molecule has 0 bridgehead atoms. The number of esters is 1. The lowest BCUT2D eigenvalue weighted by Crippen LogP contribution is -2.40. The number of methoxy groups -OCH3 is 1. The van der Waals surface area contributed by atoms with Crippen molar-refractivity contribution < 1.29 is 24.2 Å². The summed E-state index contributed by atoms with van der Waals surface area (Å²) in [6.45, 7) is 0. The van der Waals surface area contributed by atoms with Gasteiger partial charge < -0.3 is 15.2 Å². The second-order valence-electron chi connectivity index (χ2n) is 5.23. The van der Waals surface area contributed by atoms with Crippen LogP contribution in [0.4, 0.5) is 0 Å². The number of rotatable bonds is 8. The third-order valence-corrected chi connectivity index (χ3v) is 3.52. The summed E-state index contributed by atoms with van der Waals surface area (Å²) in [6, 6.07) is 5.42. The monoisotopic (exact) mass is 346 g/mol. The molecule has 9 nitrogen and oxygen atoms in total. The molecule has 0 aliphatic heterocycles. The van der Waals surface area contributed by atoms with E-state index in [1.54, 1.807) is 30.5 Å². The summed E-state index contributed by atoms with van der Waals surface area (Å²) in [4.78, 5) is 34.5. The first-order valence-electron chi connectivity index (χ1n) is 7.58. The Balaban J connectivity index is 1.95. The molecule has 2 rings (SSSR count). The number of carbonyl (C=O) groups is 3. The van der Waals surface area contributed by atoms with Crippen LogP contribution in [0.5, 0.6) is 0 Å². The zero-order chi connectivity index (χ0) is 18.2. The highest BCUT2D eigenvalue weighted by atomic mass is 16.5. The molecule has 2 aromatic rings. The molecule has 1 aromatic carbocycles. The second kappa shape index (κ2) is 8.57. The van der Waals surface area contributed by atoms with Gasteiger partial charge in [-0.05, 0) is 37.1 Å². The van der Waals surface area contributed by atoms with Gasteiger partial charge in [-0.3, -0.25) is 9.59 Å². The SMILES string of the molecule is COC(=O)CCCC(NC(=O)c1ccc(-n2ccnn2)cc1)C(=O)O. The Hall–Kier alpha value is -3.23. The highest BCUT2D eigenvalue weighted by Crippen LogP contribution is 2.09. The van der Waals surface area contributed by atoms with Crippen molar-refractivity contribution in [3.8, 4) is 5.69 Å². The molecule has 25 heavy (non-hydrogen) atoms. The van der Waals surface area contributed by atoms with Crippen LogP contribution in [-0.4, -0.2) is 51.1 Å². The lowest BCUT2D eigenvalue weighted by atomic mass is 10.1. The number of benzene rings is 1. The molecule has 1 atom stereocenters. The van der Waals surface area contributed by atoms with Crippen LogP contribution in [-0.2, 0) is 14.3 Å². The minimum atomic E-state index is -1.16. The summed E-state index contributed by atoms with van der Waals surface area (Å²) in [7, 11) is 1.27. The van der Waals surface area contributed by atoms with Gasteiger partial charge in [-0.2, -0.15) is 0 Å². The summed E-state index contributed by atoms with van der Waals surface area (Å²) in [5.74, 6) is -2.08. The Kier molecular flexibility index (Phi) is 6.21. The number of aromatic nitrogens is 3. The molecular formula is C16H18N4O5. The number of nitrogens with zero attached hydrogens (tertiary/aromatic N) is 3. The van der Waals surface area contributed by atoms with E-state index in [1.807, 2.05) is 0 Å². The maximum Gasteiger partial charge on any atom is 0.326 e. The van der Waals surface area contributed by atoms with Crippen molar-refractivity contribution in [1.29, 1.82) is 0 Å². The molecule has 0 fully saturated rings. The topological polar surface area (TPSA) is 123 Å². The van der Waals surface area contributed by atoms with Crippen molar-refractivity contribution in [3.63, 3.8) is 0 Å². The molecule has 2 N–H and O–H groups in total. The largest absolute Gasteiger partial charge is 0.480 e. The molecule has 132 valence electrons. The number of hydrogen-bond acceptors (Lipinski definition) is 6. The average molecular weight is 346 g/mol. The molecule has 9 heteroatoms. The van der Waals surface area contributed by atoms with Crippen LogP contribution in [0.2, 0.25) is 0 Å². The first-order chi connectivity index (χ1) is 12.0. The lowest BCUT2D eigenvalue weighted by molar-refractivity contribution is -0.142. The van der Waals surface area contributed by atoms with E-state index in [2.05, 4.69) is 20.4 Å². The Morgan fingerprint density at radius 2 is 2.00 bits per heavy atom. The van der Waals surface area contributed by atoms with Gasteiger partial charge in [0.2, 0.25) is 0 Å². The van der Waals surface area contributed by atoms with Gasteiger partial charge in [0.15, 0.2) is 0 Å². The van der Waals surface area contributed by atoms with E-state index in [9.17, 15) is 19.5 Å². The highest BCUT2D eigenvalue weighted by molar-refractivity contribution is 5.96. The molecule has 1 aromatic heterocycles. The minimum absolute atomic E-state index is 0.1000. The standard InChI is InChI=1S/C16H18N4O5/c1-25-14(21)4-2-3-13(16(23)24)18-15(22)11-5-7-12(8-6-11)20-10-9-17-19-20/h5-10,13H,2-4H2,1H3,(H,18,22)(H,23,24). The summed E-state index contributed by atoms with van der Waals surface area (Å²) in [5, 5.41) is 19.2.